The number of nitrogens with zero attached hydrogens (tertiary/aromatic N) is 4. The molecule has 0 N–H and O–H groups in total. The van der Waals surface area contributed by atoms with Gasteiger partial charge in [-0.15, -0.1) is 39.3 Å². The van der Waals surface area contributed by atoms with Crippen molar-refractivity contribution in [2.75, 3.05) is 17.9 Å². The number of pyridine rings is 2. The van der Waals surface area contributed by atoms with Crippen LogP contribution in [0.2, 0.25) is 10.0 Å². The summed E-state index contributed by atoms with van der Waals surface area (Å²) >= 11 is 24.3. The molecule has 0 bridgehead atoms. The van der Waals surface area contributed by atoms with Gasteiger partial charge in [-0.25, -0.2) is 9.97 Å². The minimum Gasteiger partial charge on any atom is -0.389 e. The molecule has 0 aromatic carbocycles. The molecule has 0 unspecified atom stereocenters. The van der Waals surface area contributed by atoms with Crippen molar-refractivity contribution >= 4 is 81.6 Å². The number of thioether (sulfide) groups is 1. The molecule has 0 saturated heterocycles. The monoisotopic (exact) mass is 628 g/mol. The van der Waals surface area contributed by atoms with E-state index < -0.39 is 0 Å². The number of hydrogen-bond donors (Lipinski definition) is 0. The number of hydrogen-bond acceptors (Lipinski definition) is 10. The van der Waals surface area contributed by atoms with Crippen LogP contribution in [0.3, 0.4) is 0 Å². The molecule has 2 aliphatic rings. The lowest BCUT2D eigenvalue weighted by atomic mass is 9.99. The first kappa shape index (κ1) is 32.1. The van der Waals surface area contributed by atoms with Gasteiger partial charge < -0.3 is 14.6 Å². The van der Waals surface area contributed by atoms with Gasteiger partial charge >= 0.3 is 0 Å². The van der Waals surface area contributed by atoms with Crippen molar-refractivity contribution in [3.8, 4) is 5.88 Å². The number of halogens is 4. The summed E-state index contributed by atoms with van der Waals surface area (Å²) in [5.41, 5.74) is 2.99. The maximum Gasteiger partial charge on any atom is 0.276 e. The fourth-order valence-electron chi connectivity index (χ4n) is 3.05. The Balaban J connectivity index is 0.000000237. The van der Waals surface area contributed by atoms with Gasteiger partial charge in [-0.2, -0.15) is 0 Å². The predicted octanol–water partition coefficient (Wildman–Crippen LogP) is 8.01. The highest BCUT2D eigenvalue weighted by atomic mass is 35.5. The number of rotatable bonds is 6. The molecule has 0 radical (unpaired) electrons. The van der Waals surface area contributed by atoms with E-state index >= 15 is 0 Å². The van der Waals surface area contributed by atoms with E-state index in [0.29, 0.717) is 16.5 Å². The first-order valence-electron chi connectivity index (χ1n) is 10.8. The Morgan fingerprint density at radius 3 is 1.73 bits per heavy atom. The average Bonchev–Trinajstić information content (AvgIpc) is 3.40. The van der Waals surface area contributed by atoms with Gasteiger partial charge in [0.2, 0.25) is 0 Å². The first-order chi connectivity index (χ1) is 17.4. The van der Waals surface area contributed by atoms with Crippen LogP contribution in [0.15, 0.2) is 39.9 Å². The molecule has 2 aromatic rings. The van der Waals surface area contributed by atoms with Gasteiger partial charge in [0.25, 0.3) is 5.88 Å². The quantitative estimate of drug-likeness (QED) is 0.104. The van der Waals surface area contributed by atoms with Crippen LogP contribution in [0.25, 0.3) is 0 Å². The first-order valence-corrected chi connectivity index (χ1v) is 15.0. The molecule has 2 aliphatic heterocycles. The normalized spacial score (nSPS) is 16.7. The molecule has 0 spiro atoms. The third-order valence-electron chi connectivity index (χ3n) is 4.65. The second kappa shape index (κ2) is 14.9. The van der Waals surface area contributed by atoms with Crippen LogP contribution >= 0.6 is 70.2 Å². The van der Waals surface area contributed by atoms with E-state index in [9.17, 15) is 0 Å². The third-order valence-corrected chi connectivity index (χ3v) is 6.23. The molecule has 4 heterocycles. The zero-order valence-electron chi connectivity index (χ0n) is 21.2. The molecule has 14 heteroatoms. The van der Waals surface area contributed by atoms with E-state index in [0.717, 1.165) is 46.0 Å². The van der Waals surface area contributed by atoms with E-state index in [4.69, 9.17) is 65.3 Å². The minimum atomic E-state index is -0.279. The molecular formula is C23H28Cl4N4O4S2. The van der Waals surface area contributed by atoms with Crippen molar-refractivity contribution in [2.45, 2.75) is 56.8 Å². The van der Waals surface area contributed by atoms with Gasteiger partial charge in [0.1, 0.15) is 21.3 Å². The fourth-order valence-corrected chi connectivity index (χ4v) is 4.19. The van der Waals surface area contributed by atoms with Gasteiger partial charge in [-0.1, -0.05) is 33.5 Å². The van der Waals surface area contributed by atoms with Crippen LogP contribution < -0.4 is 4.89 Å². The highest BCUT2D eigenvalue weighted by molar-refractivity contribution is 7.98. The molecule has 37 heavy (non-hydrogen) atoms. The Hall–Kier alpha value is -1.14. The molecule has 0 fully saturated rings. The van der Waals surface area contributed by atoms with E-state index in [1.54, 1.807) is 24.7 Å². The predicted molar refractivity (Wildman–Crippen MR) is 155 cm³/mol. The fraction of sp³-hybridized carbons (Fsp3) is 0.478. The van der Waals surface area contributed by atoms with Crippen molar-refractivity contribution in [3.63, 3.8) is 0 Å². The van der Waals surface area contributed by atoms with Crippen LogP contribution in [0.4, 0.5) is 0 Å². The van der Waals surface area contributed by atoms with Gasteiger partial charge in [-0.3, -0.25) is 0 Å². The molecule has 0 saturated carbocycles. The largest absolute Gasteiger partial charge is 0.389 e. The smallest absolute Gasteiger partial charge is 0.276 e. The molecule has 0 atom stereocenters. The van der Waals surface area contributed by atoms with Gasteiger partial charge in [0, 0.05) is 54.7 Å². The number of oxime groups is 2. The van der Waals surface area contributed by atoms with Crippen LogP contribution in [0.1, 0.15) is 51.7 Å². The Morgan fingerprint density at radius 1 is 0.865 bits per heavy atom. The van der Waals surface area contributed by atoms with E-state index in [2.05, 4.69) is 20.3 Å². The van der Waals surface area contributed by atoms with Crippen molar-refractivity contribution in [2.24, 2.45) is 10.3 Å². The third kappa shape index (κ3) is 10.2. The molecule has 2 aromatic heterocycles. The van der Waals surface area contributed by atoms with Crippen molar-refractivity contribution in [1.29, 1.82) is 0 Å². The van der Waals surface area contributed by atoms with E-state index in [-0.39, 0.29) is 22.4 Å². The lowest BCUT2D eigenvalue weighted by Crippen LogP contribution is -2.19. The summed E-state index contributed by atoms with van der Waals surface area (Å²) in [6.07, 6.45) is 8.61. The summed E-state index contributed by atoms with van der Waals surface area (Å²) in [7, 11) is 0. The molecule has 204 valence electrons. The Morgan fingerprint density at radius 2 is 1.35 bits per heavy atom. The van der Waals surface area contributed by atoms with Crippen LogP contribution in [-0.4, -0.2) is 50.4 Å². The van der Waals surface area contributed by atoms with Crippen LogP contribution in [0.5, 0.6) is 5.88 Å². The molecule has 0 aliphatic carbocycles. The van der Waals surface area contributed by atoms with Crippen molar-refractivity contribution < 1.29 is 18.9 Å². The van der Waals surface area contributed by atoms with Gasteiger partial charge in [0.15, 0.2) is 0 Å². The van der Waals surface area contributed by atoms with E-state index in [1.807, 2.05) is 40.0 Å². The summed E-state index contributed by atoms with van der Waals surface area (Å²) in [4.78, 5) is 23.9. The van der Waals surface area contributed by atoms with Crippen LogP contribution in [0, 0.1) is 0 Å². The lowest BCUT2D eigenvalue weighted by molar-refractivity contribution is -0.0816. The molecule has 8 nitrogen and oxygen atoms in total. The zero-order valence-corrected chi connectivity index (χ0v) is 25.8. The molecular weight excluding hydrogens is 602 g/mol. The molecule has 0 amide bonds. The summed E-state index contributed by atoms with van der Waals surface area (Å²) in [6, 6.07) is 3.63. The maximum atomic E-state index is 6.10. The number of aromatic nitrogens is 2. The summed E-state index contributed by atoms with van der Waals surface area (Å²) in [6.45, 7) is 7.97. The number of alkyl halides is 2. The van der Waals surface area contributed by atoms with Gasteiger partial charge in [-0.05, 0) is 46.1 Å². The van der Waals surface area contributed by atoms with Gasteiger partial charge in [0.05, 0.1) is 21.8 Å². The molecule has 4 rings (SSSR count). The highest BCUT2D eigenvalue weighted by Gasteiger charge is 2.31. The van der Waals surface area contributed by atoms with Crippen molar-refractivity contribution in [1.82, 2.24) is 9.97 Å². The zero-order chi connectivity index (χ0) is 27.6. The topological polar surface area (TPSA) is 87.4 Å². The Labute approximate surface area is 245 Å². The summed E-state index contributed by atoms with van der Waals surface area (Å²) in [5.74, 6) is 0.230. The van der Waals surface area contributed by atoms with Crippen LogP contribution in [-0.2, 0) is 14.0 Å². The second-order valence-electron chi connectivity index (χ2n) is 8.78. The van der Waals surface area contributed by atoms with Crippen molar-refractivity contribution in [3.05, 3.63) is 45.7 Å². The Kier molecular flexibility index (Phi) is 12.9. The standard InChI is InChI=1S/C11H13ClN2O3S.C11H13ClN2OS.CH2Cl2/c1-11(2)5-9(14-16-11)7-4-8(12)10(13-6-7)15-17-18-3;1-11(2)5-9(14-15-11)7-4-8(12)10(16-3)13-6-7;2-1-3/h4,6H,5H2,1-3H3;4,6H,5H2,1-3H3;1H2. The summed E-state index contributed by atoms with van der Waals surface area (Å²) < 4.78 is 4.71. The summed E-state index contributed by atoms with van der Waals surface area (Å²) in [5, 5.41) is 10.2. The van der Waals surface area contributed by atoms with E-state index in [1.165, 1.54) is 11.8 Å². The average molecular weight is 630 g/mol. The Bertz CT molecular complexity index is 1120. The second-order valence-corrected chi connectivity index (χ2v) is 11.7. The highest BCUT2D eigenvalue weighted by Crippen LogP contribution is 2.30. The minimum absolute atomic E-state index is 0.194. The SMILES string of the molecule is CSOOc1ncc(C2=NOC(C)(C)C2)cc1Cl.CSc1ncc(C2=NOC(C)(C)C2)cc1Cl.ClCCl. The maximum absolute atomic E-state index is 6.10. The lowest BCUT2D eigenvalue weighted by Gasteiger charge is -2.13.